The SMILES string of the molecule is CC(C)c1ccc(C(=O)NCC(=O)N2CCCc3ccccc32)cc1. The molecular formula is C21H24N2O2. The average molecular weight is 336 g/mol. The Bertz CT molecular complexity index is 766. The molecule has 1 aliphatic heterocycles. The number of fused-ring (bicyclic) bond motifs is 1. The van der Waals surface area contributed by atoms with Gasteiger partial charge in [0.1, 0.15) is 0 Å². The third-order valence-corrected chi connectivity index (χ3v) is 4.65. The van der Waals surface area contributed by atoms with Gasteiger partial charge in [0.25, 0.3) is 5.91 Å². The van der Waals surface area contributed by atoms with Crippen LogP contribution in [0.25, 0.3) is 0 Å². The third kappa shape index (κ3) is 3.90. The van der Waals surface area contributed by atoms with Crippen LogP contribution in [-0.4, -0.2) is 24.9 Å². The highest BCUT2D eigenvalue weighted by Gasteiger charge is 2.22. The minimum Gasteiger partial charge on any atom is -0.343 e. The number of hydrogen-bond donors (Lipinski definition) is 1. The molecule has 0 aromatic heterocycles. The van der Waals surface area contributed by atoms with Crippen molar-refractivity contribution >= 4 is 17.5 Å². The molecule has 1 heterocycles. The highest BCUT2D eigenvalue weighted by Crippen LogP contribution is 2.26. The smallest absolute Gasteiger partial charge is 0.251 e. The molecule has 0 fully saturated rings. The fourth-order valence-corrected chi connectivity index (χ4v) is 3.17. The van der Waals surface area contributed by atoms with Crippen LogP contribution < -0.4 is 10.2 Å². The van der Waals surface area contributed by atoms with E-state index in [2.05, 4.69) is 25.2 Å². The minimum atomic E-state index is -0.214. The number of rotatable bonds is 4. The summed E-state index contributed by atoms with van der Waals surface area (Å²) in [4.78, 5) is 26.6. The van der Waals surface area contributed by atoms with E-state index in [1.807, 2.05) is 42.5 Å². The second-order valence-corrected chi connectivity index (χ2v) is 6.74. The van der Waals surface area contributed by atoms with Gasteiger partial charge in [-0.2, -0.15) is 0 Å². The van der Waals surface area contributed by atoms with Gasteiger partial charge >= 0.3 is 0 Å². The second-order valence-electron chi connectivity index (χ2n) is 6.74. The quantitative estimate of drug-likeness (QED) is 0.929. The summed E-state index contributed by atoms with van der Waals surface area (Å²) < 4.78 is 0. The zero-order chi connectivity index (χ0) is 17.8. The molecule has 0 radical (unpaired) electrons. The number of benzene rings is 2. The van der Waals surface area contributed by atoms with Gasteiger partial charge in [-0.1, -0.05) is 44.2 Å². The third-order valence-electron chi connectivity index (χ3n) is 4.65. The number of carbonyl (C=O) groups is 2. The van der Waals surface area contributed by atoms with Gasteiger partial charge in [0.05, 0.1) is 6.54 Å². The summed E-state index contributed by atoms with van der Waals surface area (Å²) in [5, 5.41) is 2.75. The van der Waals surface area contributed by atoms with Gasteiger partial charge in [0.15, 0.2) is 0 Å². The average Bonchev–Trinajstić information content (AvgIpc) is 2.65. The number of anilines is 1. The number of para-hydroxylation sites is 1. The molecule has 3 rings (SSSR count). The van der Waals surface area contributed by atoms with Gasteiger partial charge in [-0.05, 0) is 48.1 Å². The van der Waals surface area contributed by atoms with Crippen molar-refractivity contribution in [1.29, 1.82) is 0 Å². The summed E-state index contributed by atoms with van der Waals surface area (Å²) in [6, 6.07) is 15.5. The van der Waals surface area contributed by atoms with Crippen LogP contribution in [0, 0.1) is 0 Å². The Hall–Kier alpha value is -2.62. The van der Waals surface area contributed by atoms with Crippen molar-refractivity contribution in [1.82, 2.24) is 5.32 Å². The van der Waals surface area contributed by atoms with Crippen molar-refractivity contribution < 1.29 is 9.59 Å². The van der Waals surface area contributed by atoms with E-state index >= 15 is 0 Å². The maximum absolute atomic E-state index is 12.6. The summed E-state index contributed by atoms with van der Waals surface area (Å²) in [6.07, 6.45) is 1.95. The Morgan fingerprint density at radius 2 is 1.80 bits per heavy atom. The summed E-state index contributed by atoms with van der Waals surface area (Å²) in [7, 11) is 0. The minimum absolute atomic E-state index is 0.0130. The first-order valence-electron chi connectivity index (χ1n) is 8.82. The molecule has 2 aromatic rings. The van der Waals surface area contributed by atoms with Crippen LogP contribution in [0.1, 0.15) is 47.7 Å². The van der Waals surface area contributed by atoms with E-state index in [1.165, 1.54) is 11.1 Å². The van der Waals surface area contributed by atoms with Gasteiger partial charge in [-0.3, -0.25) is 9.59 Å². The summed E-state index contributed by atoms with van der Waals surface area (Å²) in [5.41, 5.74) is 3.93. The first kappa shape index (κ1) is 17.2. The highest BCUT2D eigenvalue weighted by molar-refractivity contribution is 6.00. The van der Waals surface area contributed by atoms with Gasteiger partial charge < -0.3 is 10.2 Å². The maximum atomic E-state index is 12.6. The van der Waals surface area contributed by atoms with E-state index in [4.69, 9.17) is 0 Å². The van der Waals surface area contributed by atoms with Crippen LogP contribution >= 0.6 is 0 Å². The molecule has 0 saturated heterocycles. The Morgan fingerprint density at radius 3 is 2.52 bits per heavy atom. The zero-order valence-corrected chi connectivity index (χ0v) is 14.8. The van der Waals surface area contributed by atoms with Crippen molar-refractivity contribution in [2.75, 3.05) is 18.0 Å². The molecule has 0 atom stereocenters. The molecule has 0 aliphatic carbocycles. The molecule has 2 amide bonds. The topological polar surface area (TPSA) is 49.4 Å². The Labute approximate surface area is 148 Å². The number of aryl methyl sites for hydroxylation is 1. The zero-order valence-electron chi connectivity index (χ0n) is 14.8. The maximum Gasteiger partial charge on any atom is 0.251 e. The predicted octanol–water partition coefficient (Wildman–Crippen LogP) is 3.52. The van der Waals surface area contributed by atoms with E-state index < -0.39 is 0 Å². The van der Waals surface area contributed by atoms with Crippen molar-refractivity contribution in [2.24, 2.45) is 0 Å². The van der Waals surface area contributed by atoms with Crippen LogP contribution in [0.3, 0.4) is 0 Å². The molecule has 25 heavy (non-hydrogen) atoms. The molecule has 2 aromatic carbocycles. The Morgan fingerprint density at radius 1 is 1.08 bits per heavy atom. The molecule has 4 nitrogen and oxygen atoms in total. The molecule has 1 N–H and O–H groups in total. The first-order chi connectivity index (χ1) is 12.1. The van der Waals surface area contributed by atoms with Gasteiger partial charge in [0, 0.05) is 17.8 Å². The number of nitrogens with zero attached hydrogens (tertiary/aromatic N) is 1. The lowest BCUT2D eigenvalue weighted by molar-refractivity contribution is -0.117. The number of amides is 2. The number of nitrogens with one attached hydrogen (secondary N) is 1. The molecule has 0 saturated carbocycles. The van der Waals surface area contributed by atoms with Gasteiger partial charge in [0.2, 0.25) is 5.91 Å². The summed E-state index contributed by atoms with van der Waals surface area (Å²) in [6.45, 7) is 4.95. The normalized spacial score (nSPS) is 13.5. The molecular weight excluding hydrogens is 312 g/mol. The lowest BCUT2D eigenvalue weighted by Crippen LogP contribution is -2.42. The lowest BCUT2D eigenvalue weighted by Gasteiger charge is -2.29. The van der Waals surface area contributed by atoms with E-state index in [-0.39, 0.29) is 18.4 Å². The van der Waals surface area contributed by atoms with Crippen molar-refractivity contribution in [3.8, 4) is 0 Å². The van der Waals surface area contributed by atoms with Crippen LogP contribution in [0.4, 0.5) is 5.69 Å². The van der Waals surface area contributed by atoms with E-state index in [1.54, 1.807) is 4.90 Å². The van der Waals surface area contributed by atoms with Crippen LogP contribution in [-0.2, 0) is 11.2 Å². The van der Waals surface area contributed by atoms with Crippen LogP contribution in [0.2, 0.25) is 0 Å². The number of hydrogen-bond acceptors (Lipinski definition) is 2. The molecule has 0 bridgehead atoms. The van der Waals surface area contributed by atoms with Gasteiger partial charge in [-0.15, -0.1) is 0 Å². The standard InChI is InChI=1S/C21H24N2O2/c1-15(2)16-9-11-18(12-10-16)21(25)22-14-20(24)23-13-5-7-17-6-3-4-8-19(17)23/h3-4,6,8-12,15H,5,7,13-14H2,1-2H3,(H,22,25). The second kappa shape index (κ2) is 7.51. The monoisotopic (exact) mass is 336 g/mol. The Kier molecular flexibility index (Phi) is 5.17. The molecule has 130 valence electrons. The fourth-order valence-electron chi connectivity index (χ4n) is 3.17. The first-order valence-corrected chi connectivity index (χ1v) is 8.82. The predicted molar refractivity (Wildman–Crippen MR) is 100.0 cm³/mol. The van der Waals surface area contributed by atoms with Gasteiger partial charge in [-0.25, -0.2) is 0 Å². The van der Waals surface area contributed by atoms with E-state index in [9.17, 15) is 9.59 Å². The molecule has 1 aliphatic rings. The summed E-state index contributed by atoms with van der Waals surface area (Å²) in [5.74, 6) is 0.145. The largest absolute Gasteiger partial charge is 0.343 e. The van der Waals surface area contributed by atoms with Crippen LogP contribution in [0.5, 0.6) is 0 Å². The van der Waals surface area contributed by atoms with Crippen LogP contribution in [0.15, 0.2) is 48.5 Å². The van der Waals surface area contributed by atoms with E-state index in [0.29, 0.717) is 18.0 Å². The Balaban J connectivity index is 1.62. The van der Waals surface area contributed by atoms with Crippen molar-refractivity contribution in [3.05, 3.63) is 65.2 Å². The molecule has 0 spiro atoms. The van der Waals surface area contributed by atoms with Crippen molar-refractivity contribution in [3.63, 3.8) is 0 Å². The van der Waals surface area contributed by atoms with Crippen molar-refractivity contribution in [2.45, 2.75) is 32.6 Å². The fraction of sp³-hybridized carbons (Fsp3) is 0.333. The highest BCUT2D eigenvalue weighted by atomic mass is 16.2. The molecule has 4 heteroatoms. The summed E-state index contributed by atoms with van der Waals surface area (Å²) >= 11 is 0. The number of carbonyl (C=O) groups excluding carboxylic acids is 2. The molecule has 0 unspecified atom stereocenters. The lowest BCUT2D eigenvalue weighted by atomic mass is 10.0. The van der Waals surface area contributed by atoms with E-state index in [0.717, 1.165) is 18.5 Å².